The highest BCUT2D eigenvalue weighted by Gasteiger charge is 2.26. The topological polar surface area (TPSA) is 92.1 Å². The Bertz CT molecular complexity index is 1060. The predicted octanol–water partition coefficient (Wildman–Crippen LogP) is 3.16. The van der Waals surface area contributed by atoms with Crippen LogP contribution in [0, 0.1) is 10.1 Å². The fourth-order valence-corrected chi connectivity index (χ4v) is 3.77. The molecule has 1 aliphatic rings. The van der Waals surface area contributed by atoms with Gasteiger partial charge in [0.1, 0.15) is 5.69 Å². The van der Waals surface area contributed by atoms with Crippen LogP contribution in [-0.2, 0) is 13.0 Å². The fraction of sp³-hybridized carbons (Fsp3) is 0.176. The highest BCUT2D eigenvalue weighted by atomic mass is 79.9. The van der Waals surface area contributed by atoms with E-state index in [0.717, 1.165) is 16.5 Å². The number of anilines is 1. The Kier molecular flexibility index (Phi) is 3.76. The lowest BCUT2D eigenvalue weighted by molar-refractivity contribution is -0.384. The van der Waals surface area contributed by atoms with Crippen LogP contribution < -0.4 is 10.5 Å². The summed E-state index contributed by atoms with van der Waals surface area (Å²) in [5.41, 5.74) is 2.83. The lowest BCUT2D eigenvalue weighted by Gasteiger charge is -2.31. The molecule has 1 aromatic heterocycles. The van der Waals surface area contributed by atoms with Crippen molar-refractivity contribution in [2.45, 2.75) is 13.0 Å². The molecule has 0 saturated carbocycles. The highest BCUT2D eigenvalue weighted by molar-refractivity contribution is 9.10. The van der Waals surface area contributed by atoms with Gasteiger partial charge in [-0.1, -0.05) is 28.1 Å². The molecule has 0 unspecified atom stereocenters. The van der Waals surface area contributed by atoms with Gasteiger partial charge in [0.05, 0.1) is 22.2 Å². The molecule has 0 saturated heterocycles. The molecule has 0 radical (unpaired) electrons. The van der Waals surface area contributed by atoms with E-state index in [2.05, 4.69) is 32.0 Å². The molecule has 2 heterocycles. The number of aromatic amines is 1. The van der Waals surface area contributed by atoms with Crippen molar-refractivity contribution < 1.29 is 4.92 Å². The monoisotopic (exact) mass is 400 g/mol. The van der Waals surface area contributed by atoms with Crippen LogP contribution in [0.1, 0.15) is 11.1 Å². The Morgan fingerprint density at radius 1 is 1.32 bits per heavy atom. The third-order valence-electron chi connectivity index (χ3n) is 4.49. The fourth-order valence-electron chi connectivity index (χ4n) is 3.24. The smallest absolute Gasteiger partial charge is 0.293 e. The Morgan fingerprint density at radius 3 is 2.96 bits per heavy atom. The standard InChI is InChI=1S/C17H13BrN4O3/c18-13-3-1-2-10-4-5-21(8-12(10)13)15-7-14-11(6-16(15)22(24)25)17(23)20-9-19-14/h1-3,6-7,9H,4-5,8H2,(H,19,20,23). The number of H-pyrrole nitrogens is 1. The number of benzene rings is 2. The molecule has 0 atom stereocenters. The summed E-state index contributed by atoms with van der Waals surface area (Å²) in [6.07, 6.45) is 2.11. The number of fused-ring (bicyclic) bond motifs is 2. The van der Waals surface area contributed by atoms with Crippen molar-refractivity contribution in [3.8, 4) is 0 Å². The molecule has 0 amide bonds. The van der Waals surface area contributed by atoms with Crippen molar-refractivity contribution in [3.63, 3.8) is 0 Å². The molecule has 2 aromatic carbocycles. The first-order valence-electron chi connectivity index (χ1n) is 7.71. The van der Waals surface area contributed by atoms with Gasteiger partial charge < -0.3 is 9.88 Å². The number of hydrogen-bond acceptors (Lipinski definition) is 5. The summed E-state index contributed by atoms with van der Waals surface area (Å²) in [4.78, 5) is 31.6. The summed E-state index contributed by atoms with van der Waals surface area (Å²) in [7, 11) is 0. The van der Waals surface area contributed by atoms with Crippen molar-refractivity contribution in [2.75, 3.05) is 11.4 Å². The first kappa shape index (κ1) is 15.8. The number of nitrogens with zero attached hydrogens (tertiary/aromatic N) is 3. The summed E-state index contributed by atoms with van der Waals surface area (Å²) in [5.74, 6) is 0. The van der Waals surface area contributed by atoms with Crippen molar-refractivity contribution in [3.05, 3.63) is 72.7 Å². The minimum atomic E-state index is -0.448. The second kappa shape index (κ2) is 5.96. The van der Waals surface area contributed by atoms with Crippen LogP contribution in [0.3, 0.4) is 0 Å². The number of nitrogens with one attached hydrogen (secondary N) is 1. The highest BCUT2D eigenvalue weighted by Crippen LogP contribution is 2.36. The Balaban J connectivity index is 1.86. The average Bonchev–Trinajstić information content (AvgIpc) is 2.61. The predicted molar refractivity (Wildman–Crippen MR) is 97.9 cm³/mol. The molecule has 4 rings (SSSR count). The zero-order valence-corrected chi connectivity index (χ0v) is 14.6. The van der Waals surface area contributed by atoms with Crippen LogP contribution >= 0.6 is 15.9 Å². The number of hydrogen-bond donors (Lipinski definition) is 1. The number of nitro benzene ring substituents is 1. The van der Waals surface area contributed by atoms with Crippen LogP contribution in [0.2, 0.25) is 0 Å². The lowest BCUT2D eigenvalue weighted by atomic mass is 9.99. The van der Waals surface area contributed by atoms with Crippen LogP contribution in [0.4, 0.5) is 11.4 Å². The molecule has 0 aliphatic carbocycles. The summed E-state index contributed by atoms with van der Waals surface area (Å²) in [6, 6.07) is 8.98. The first-order chi connectivity index (χ1) is 12.0. The van der Waals surface area contributed by atoms with E-state index in [1.165, 1.54) is 18.0 Å². The van der Waals surface area contributed by atoms with E-state index in [4.69, 9.17) is 0 Å². The van der Waals surface area contributed by atoms with Crippen molar-refractivity contribution >= 4 is 38.2 Å². The molecule has 8 heteroatoms. The molecule has 25 heavy (non-hydrogen) atoms. The van der Waals surface area contributed by atoms with Crippen LogP contribution in [-0.4, -0.2) is 21.4 Å². The summed E-state index contributed by atoms with van der Waals surface area (Å²) in [6.45, 7) is 1.23. The molecule has 0 bridgehead atoms. The Labute approximate surface area is 150 Å². The zero-order chi connectivity index (χ0) is 17.6. The SMILES string of the molecule is O=c1[nH]cnc2cc(N3CCc4cccc(Br)c4C3)c([N+](=O)[O-])cc12. The van der Waals surface area contributed by atoms with E-state index >= 15 is 0 Å². The molecule has 1 aliphatic heterocycles. The van der Waals surface area contributed by atoms with Gasteiger partial charge in [0.2, 0.25) is 0 Å². The maximum atomic E-state index is 11.9. The van der Waals surface area contributed by atoms with E-state index in [1.807, 2.05) is 17.0 Å². The van der Waals surface area contributed by atoms with Gasteiger partial charge in [-0.05, 0) is 29.7 Å². The number of rotatable bonds is 2. The van der Waals surface area contributed by atoms with Crippen molar-refractivity contribution in [1.29, 1.82) is 0 Å². The van der Waals surface area contributed by atoms with Gasteiger partial charge in [-0.25, -0.2) is 4.98 Å². The Hall–Kier alpha value is -2.74. The molecule has 126 valence electrons. The summed E-state index contributed by atoms with van der Waals surface area (Å²) < 4.78 is 0.993. The quantitative estimate of drug-likeness (QED) is 0.526. The minimum Gasteiger partial charge on any atom is -0.361 e. The van der Waals surface area contributed by atoms with E-state index in [1.54, 1.807) is 6.07 Å². The third kappa shape index (κ3) is 2.68. The molecule has 7 nitrogen and oxygen atoms in total. The van der Waals surface area contributed by atoms with Crippen LogP contribution in [0.15, 0.2) is 45.9 Å². The van der Waals surface area contributed by atoms with E-state index < -0.39 is 4.92 Å². The molecule has 3 aromatic rings. The van der Waals surface area contributed by atoms with Crippen LogP contribution in [0.25, 0.3) is 10.9 Å². The van der Waals surface area contributed by atoms with Crippen LogP contribution in [0.5, 0.6) is 0 Å². The molecular weight excluding hydrogens is 388 g/mol. The lowest BCUT2D eigenvalue weighted by Crippen LogP contribution is -2.31. The molecule has 1 N–H and O–H groups in total. The van der Waals surface area contributed by atoms with Gasteiger partial charge >= 0.3 is 0 Å². The van der Waals surface area contributed by atoms with Gasteiger partial charge in [0, 0.05) is 23.6 Å². The number of aromatic nitrogens is 2. The largest absolute Gasteiger partial charge is 0.361 e. The van der Waals surface area contributed by atoms with Gasteiger partial charge in [-0.2, -0.15) is 0 Å². The average molecular weight is 401 g/mol. The van der Waals surface area contributed by atoms with Gasteiger partial charge in [-0.3, -0.25) is 14.9 Å². The third-order valence-corrected chi connectivity index (χ3v) is 5.23. The van der Waals surface area contributed by atoms with Gasteiger partial charge in [-0.15, -0.1) is 0 Å². The molecule has 0 fully saturated rings. The first-order valence-corrected chi connectivity index (χ1v) is 8.51. The maximum absolute atomic E-state index is 11.9. The second-order valence-electron chi connectivity index (χ2n) is 5.90. The maximum Gasteiger partial charge on any atom is 0.293 e. The van der Waals surface area contributed by atoms with Gasteiger partial charge in [0.15, 0.2) is 0 Å². The molecular formula is C17H13BrN4O3. The normalized spacial score (nSPS) is 13.7. The second-order valence-corrected chi connectivity index (χ2v) is 6.75. The number of halogens is 1. The minimum absolute atomic E-state index is 0.0819. The number of nitro groups is 1. The molecule has 0 spiro atoms. The Morgan fingerprint density at radius 2 is 2.16 bits per heavy atom. The van der Waals surface area contributed by atoms with E-state index in [0.29, 0.717) is 24.3 Å². The van der Waals surface area contributed by atoms with Crippen molar-refractivity contribution in [2.24, 2.45) is 0 Å². The van der Waals surface area contributed by atoms with E-state index in [9.17, 15) is 14.9 Å². The zero-order valence-electron chi connectivity index (χ0n) is 13.0. The van der Waals surface area contributed by atoms with Crippen molar-refractivity contribution in [1.82, 2.24) is 9.97 Å². The van der Waals surface area contributed by atoms with E-state index in [-0.39, 0.29) is 16.6 Å². The summed E-state index contributed by atoms with van der Waals surface area (Å²) in [5, 5.41) is 11.8. The summed E-state index contributed by atoms with van der Waals surface area (Å²) >= 11 is 3.56. The van der Waals surface area contributed by atoms with Gasteiger partial charge in [0.25, 0.3) is 11.2 Å².